The van der Waals surface area contributed by atoms with Crippen LogP contribution in [0.1, 0.15) is 20.7 Å². The minimum Gasteiger partial charge on any atom is -0.478 e. The molecule has 5 nitrogen and oxygen atoms in total. The molecule has 0 aliphatic carbocycles. The van der Waals surface area contributed by atoms with Crippen LogP contribution in [0.2, 0.25) is 5.02 Å². The Morgan fingerprint density at radius 1 is 1.00 bits per heavy atom. The molecular formula is C19H12BrClN2O3S. The number of thiocarbonyl (C=S) groups is 1. The van der Waals surface area contributed by atoms with E-state index in [1.807, 2.05) is 24.3 Å². The molecule has 0 aliphatic heterocycles. The molecule has 3 rings (SSSR count). The molecular weight excluding hydrogens is 452 g/mol. The average molecular weight is 464 g/mol. The van der Waals surface area contributed by atoms with Crippen molar-refractivity contribution in [1.82, 2.24) is 5.32 Å². The summed E-state index contributed by atoms with van der Waals surface area (Å²) in [6.07, 6.45) is 0. The maximum absolute atomic E-state index is 12.6. The van der Waals surface area contributed by atoms with Crippen molar-refractivity contribution in [3.63, 3.8) is 0 Å². The summed E-state index contributed by atoms with van der Waals surface area (Å²) >= 11 is 14.5. The number of carbonyl (C=O) groups is 2. The Hall–Kier alpha value is -2.48. The van der Waals surface area contributed by atoms with Gasteiger partial charge in [0.25, 0.3) is 5.91 Å². The van der Waals surface area contributed by atoms with Crippen molar-refractivity contribution < 1.29 is 14.7 Å². The van der Waals surface area contributed by atoms with Crippen LogP contribution in [0, 0.1) is 0 Å². The van der Waals surface area contributed by atoms with E-state index in [0.717, 1.165) is 15.2 Å². The maximum Gasteiger partial charge on any atom is 0.337 e. The quantitative estimate of drug-likeness (QED) is 0.472. The van der Waals surface area contributed by atoms with Crippen LogP contribution in [0.25, 0.3) is 10.8 Å². The Labute approximate surface area is 173 Å². The smallest absolute Gasteiger partial charge is 0.337 e. The number of anilines is 1. The summed E-state index contributed by atoms with van der Waals surface area (Å²) in [6, 6.07) is 15.4. The van der Waals surface area contributed by atoms with Gasteiger partial charge in [0.2, 0.25) is 0 Å². The molecule has 0 fully saturated rings. The van der Waals surface area contributed by atoms with Crippen LogP contribution in [-0.2, 0) is 0 Å². The van der Waals surface area contributed by atoms with Gasteiger partial charge in [-0.1, -0.05) is 51.8 Å². The highest BCUT2D eigenvalue weighted by Gasteiger charge is 2.14. The molecule has 0 aromatic heterocycles. The van der Waals surface area contributed by atoms with Crippen molar-refractivity contribution in [2.24, 2.45) is 0 Å². The van der Waals surface area contributed by atoms with Crippen LogP contribution >= 0.6 is 39.7 Å². The second-order valence-electron chi connectivity index (χ2n) is 5.55. The van der Waals surface area contributed by atoms with Gasteiger partial charge in [0.05, 0.1) is 10.6 Å². The highest BCUT2D eigenvalue weighted by atomic mass is 79.9. The fourth-order valence-corrected chi connectivity index (χ4v) is 3.48. The minimum absolute atomic E-state index is 0.0469. The monoisotopic (exact) mass is 462 g/mol. The predicted octanol–water partition coefficient (Wildman–Crippen LogP) is 5.08. The first-order chi connectivity index (χ1) is 12.9. The van der Waals surface area contributed by atoms with Crippen molar-refractivity contribution in [1.29, 1.82) is 0 Å². The van der Waals surface area contributed by atoms with Gasteiger partial charge in [-0.15, -0.1) is 0 Å². The molecule has 0 radical (unpaired) electrons. The van der Waals surface area contributed by atoms with Gasteiger partial charge in [0, 0.05) is 15.7 Å². The number of nitrogens with one attached hydrogen (secondary N) is 2. The Kier molecular flexibility index (Phi) is 5.74. The number of hydrogen-bond donors (Lipinski definition) is 3. The van der Waals surface area contributed by atoms with Gasteiger partial charge < -0.3 is 10.4 Å². The second kappa shape index (κ2) is 8.04. The number of carbonyl (C=O) groups excluding carboxylic acids is 1. The highest BCUT2D eigenvalue weighted by Crippen LogP contribution is 2.26. The average Bonchev–Trinajstić information content (AvgIpc) is 2.63. The van der Waals surface area contributed by atoms with Gasteiger partial charge >= 0.3 is 5.97 Å². The third kappa shape index (κ3) is 4.27. The summed E-state index contributed by atoms with van der Waals surface area (Å²) in [6.45, 7) is 0. The number of fused-ring (bicyclic) bond motifs is 1. The number of aromatic carboxylic acids is 1. The number of rotatable bonds is 3. The lowest BCUT2D eigenvalue weighted by atomic mass is 10.0. The fraction of sp³-hybridized carbons (Fsp3) is 0. The van der Waals surface area contributed by atoms with Crippen LogP contribution in [0.3, 0.4) is 0 Å². The first-order valence-electron chi connectivity index (χ1n) is 7.69. The van der Waals surface area contributed by atoms with E-state index in [0.29, 0.717) is 11.3 Å². The van der Waals surface area contributed by atoms with Gasteiger partial charge in [-0.2, -0.15) is 0 Å². The van der Waals surface area contributed by atoms with Crippen molar-refractivity contribution in [3.05, 3.63) is 75.2 Å². The lowest BCUT2D eigenvalue weighted by Crippen LogP contribution is -2.34. The Morgan fingerprint density at radius 3 is 2.44 bits per heavy atom. The fourth-order valence-electron chi connectivity index (χ4n) is 2.57. The predicted molar refractivity (Wildman–Crippen MR) is 114 cm³/mol. The van der Waals surface area contributed by atoms with Crippen LogP contribution in [0.5, 0.6) is 0 Å². The van der Waals surface area contributed by atoms with Crippen molar-refractivity contribution in [2.45, 2.75) is 0 Å². The summed E-state index contributed by atoms with van der Waals surface area (Å²) in [7, 11) is 0. The SMILES string of the molecule is O=C(O)c1cc(NC(=S)NC(=O)c2cccc3c(Br)cccc23)ccc1Cl. The topological polar surface area (TPSA) is 78.4 Å². The lowest BCUT2D eigenvalue weighted by Gasteiger charge is -2.12. The molecule has 136 valence electrons. The molecule has 1 amide bonds. The third-order valence-corrected chi connectivity index (χ3v) is 5.02. The second-order valence-corrected chi connectivity index (χ2v) is 7.22. The van der Waals surface area contributed by atoms with E-state index in [1.165, 1.54) is 12.1 Å². The molecule has 3 aromatic rings. The van der Waals surface area contributed by atoms with Crippen molar-refractivity contribution in [3.8, 4) is 0 Å². The Bertz CT molecular complexity index is 1090. The lowest BCUT2D eigenvalue weighted by molar-refractivity contribution is 0.0697. The van der Waals surface area contributed by atoms with E-state index < -0.39 is 5.97 Å². The zero-order chi connectivity index (χ0) is 19.6. The molecule has 0 unspecified atom stereocenters. The number of carboxylic acid groups (broad SMARTS) is 1. The van der Waals surface area contributed by atoms with Gasteiger partial charge in [-0.25, -0.2) is 4.79 Å². The molecule has 0 heterocycles. The van der Waals surface area contributed by atoms with Crippen LogP contribution in [0.4, 0.5) is 5.69 Å². The number of halogens is 2. The van der Waals surface area contributed by atoms with Crippen molar-refractivity contribution >= 4 is 73.2 Å². The molecule has 0 saturated carbocycles. The van der Waals surface area contributed by atoms with Gasteiger partial charge in [-0.3, -0.25) is 10.1 Å². The summed E-state index contributed by atoms with van der Waals surface area (Å²) in [5, 5.41) is 16.4. The molecule has 0 aliphatic rings. The standard InChI is InChI=1S/C19H12BrClN2O3S/c20-15-6-2-3-11-12(15)4-1-5-13(11)17(24)23-19(27)22-10-7-8-16(21)14(9-10)18(25)26/h1-9H,(H,25,26)(H2,22,23,24,27). The zero-order valence-electron chi connectivity index (χ0n) is 13.6. The van der Waals surface area contributed by atoms with E-state index in [-0.39, 0.29) is 21.6 Å². The van der Waals surface area contributed by atoms with E-state index >= 15 is 0 Å². The van der Waals surface area contributed by atoms with Gasteiger partial charge in [-0.05, 0) is 53.3 Å². The molecule has 3 N–H and O–H groups in total. The highest BCUT2D eigenvalue weighted by molar-refractivity contribution is 9.10. The maximum atomic E-state index is 12.6. The Morgan fingerprint density at radius 2 is 1.70 bits per heavy atom. The summed E-state index contributed by atoms with van der Waals surface area (Å²) < 4.78 is 0.887. The molecule has 0 saturated heterocycles. The molecule has 0 bridgehead atoms. The number of amides is 1. The van der Waals surface area contributed by atoms with E-state index in [4.69, 9.17) is 28.9 Å². The first-order valence-corrected chi connectivity index (χ1v) is 9.27. The molecule has 27 heavy (non-hydrogen) atoms. The van der Waals surface area contributed by atoms with E-state index in [1.54, 1.807) is 18.2 Å². The molecule has 0 atom stereocenters. The summed E-state index contributed by atoms with van der Waals surface area (Å²) in [5.41, 5.74) is 0.817. The van der Waals surface area contributed by atoms with E-state index in [2.05, 4.69) is 26.6 Å². The molecule has 3 aromatic carbocycles. The Balaban J connectivity index is 1.79. The number of hydrogen-bond acceptors (Lipinski definition) is 3. The normalized spacial score (nSPS) is 10.4. The van der Waals surface area contributed by atoms with Gasteiger partial charge in [0.1, 0.15) is 0 Å². The third-order valence-electron chi connectivity index (χ3n) is 3.80. The van der Waals surface area contributed by atoms with Crippen molar-refractivity contribution in [2.75, 3.05) is 5.32 Å². The van der Waals surface area contributed by atoms with Crippen LogP contribution in [-0.4, -0.2) is 22.1 Å². The molecule has 8 heteroatoms. The number of benzene rings is 3. The largest absolute Gasteiger partial charge is 0.478 e. The summed E-state index contributed by atoms with van der Waals surface area (Å²) in [5.74, 6) is -1.52. The molecule has 0 spiro atoms. The zero-order valence-corrected chi connectivity index (χ0v) is 16.8. The minimum atomic E-state index is -1.15. The number of carboxylic acids is 1. The van der Waals surface area contributed by atoms with Crippen LogP contribution in [0.15, 0.2) is 59.1 Å². The summed E-state index contributed by atoms with van der Waals surface area (Å²) in [4.78, 5) is 23.8. The first kappa shape index (κ1) is 19.3. The van der Waals surface area contributed by atoms with Gasteiger partial charge in [0.15, 0.2) is 5.11 Å². The van der Waals surface area contributed by atoms with E-state index in [9.17, 15) is 9.59 Å². The van der Waals surface area contributed by atoms with Crippen LogP contribution < -0.4 is 10.6 Å².